The molecule has 1 aliphatic rings. The first-order valence-electron chi connectivity index (χ1n) is 6.93. The van der Waals surface area contributed by atoms with E-state index < -0.39 is 0 Å². The molecule has 1 saturated heterocycles. The zero-order chi connectivity index (χ0) is 14.6. The normalized spacial score (nSPS) is 19.8. The largest absolute Gasteiger partial charge is 0.396 e. The molecule has 1 aromatic rings. The van der Waals surface area contributed by atoms with Gasteiger partial charge in [-0.1, -0.05) is 23.2 Å². The van der Waals surface area contributed by atoms with Gasteiger partial charge in [-0.05, 0) is 43.5 Å². The molecule has 2 N–H and O–H groups in total. The molecule has 0 bridgehead atoms. The number of aliphatic hydroxyl groups is 1. The zero-order valence-corrected chi connectivity index (χ0v) is 13.2. The molecule has 0 aromatic heterocycles. The van der Waals surface area contributed by atoms with Crippen molar-refractivity contribution in [3.8, 4) is 0 Å². The highest BCUT2D eigenvalue weighted by Crippen LogP contribution is 2.31. The molecule has 1 atom stereocenters. The van der Waals surface area contributed by atoms with E-state index in [0.29, 0.717) is 23.3 Å². The van der Waals surface area contributed by atoms with Gasteiger partial charge >= 0.3 is 0 Å². The third-order valence-electron chi connectivity index (χ3n) is 4.10. The molecule has 0 spiro atoms. The van der Waals surface area contributed by atoms with E-state index in [1.165, 1.54) is 0 Å². The summed E-state index contributed by atoms with van der Waals surface area (Å²) in [6, 6.07) is 5.57. The van der Waals surface area contributed by atoms with Gasteiger partial charge in [0.05, 0.1) is 6.61 Å². The summed E-state index contributed by atoms with van der Waals surface area (Å²) in [4.78, 5) is 0. The Morgan fingerprint density at radius 3 is 2.70 bits per heavy atom. The number of nitrogens with one attached hydrogen (secondary N) is 1. The van der Waals surface area contributed by atoms with Crippen molar-refractivity contribution in [2.45, 2.75) is 25.8 Å². The van der Waals surface area contributed by atoms with Crippen LogP contribution >= 0.6 is 23.2 Å². The molecule has 0 saturated carbocycles. The maximum Gasteiger partial charge on any atom is 0.0501 e. The van der Waals surface area contributed by atoms with Crippen LogP contribution in [0.1, 0.15) is 31.4 Å². The van der Waals surface area contributed by atoms with Gasteiger partial charge in [0.1, 0.15) is 0 Å². The fourth-order valence-corrected chi connectivity index (χ4v) is 2.98. The maximum absolute atomic E-state index is 9.68. The summed E-state index contributed by atoms with van der Waals surface area (Å²) < 4.78 is 5.38. The summed E-state index contributed by atoms with van der Waals surface area (Å²) >= 11 is 12.2. The average Bonchev–Trinajstić information content (AvgIpc) is 2.48. The van der Waals surface area contributed by atoms with Crippen LogP contribution in [0.4, 0.5) is 0 Å². The summed E-state index contributed by atoms with van der Waals surface area (Å²) in [5.41, 5.74) is 0.900. The molecule has 1 unspecified atom stereocenters. The lowest BCUT2D eigenvalue weighted by Gasteiger charge is -2.36. The highest BCUT2D eigenvalue weighted by atomic mass is 35.5. The Bertz CT molecular complexity index is 447. The fraction of sp³-hybridized carbons (Fsp3) is 0.600. The minimum atomic E-state index is -0.0858. The zero-order valence-electron chi connectivity index (χ0n) is 11.7. The van der Waals surface area contributed by atoms with E-state index in [1.54, 1.807) is 6.07 Å². The summed E-state index contributed by atoms with van der Waals surface area (Å²) in [6.07, 6.45) is 1.76. The van der Waals surface area contributed by atoms with Crippen LogP contribution in [-0.4, -0.2) is 31.5 Å². The van der Waals surface area contributed by atoms with Crippen LogP contribution in [0, 0.1) is 5.41 Å². The van der Waals surface area contributed by atoms with Crippen molar-refractivity contribution in [1.82, 2.24) is 5.32 Å². The molecule has 0 amide bonds. The molecule has 0 radical (unpaired) electrons. The molecule has 0 aliphatic carbocycles. The standard InChI is InChI=1S/C15H21Cl2NO2/c1-11(13-8-12(16)2-3-14(13)17)18-9-15(10-19)4-6-20-7-5-15/h2-3,8,11,18-19H,4-7,9-10H2,1H3. The lowest BCUT2D eigenvalue weighted by molar-refractivity contribution is -0.0163. The number of benzene rings is 1. The van der Waals surface area contributed by atoms with Crippen molar-refractivity contribution in [1.29, 1.82) is 0 Å². The third-order valence-corrected chi connectivity index (χ3v) is 4.68. The third kappa shape index (κ3) is 3.86. The molecule has 1 aromatic carbocycles. The van der Waals surface area contributed by atoms with Crippen LogP contribution < -0.4 is 5.32 Å². The van der Waals surface area contributed by atoms with Gasteiger partial charge in [-0.25, -0.2) is 0 Å². The Morgan fingerprint density at radius 2 is 2.05 bits per heavy atom. The van der Waals surface area contributed by atoms with Crippen LogP contribution in [0.3, 0.4) is 0 Å². The predicted octanol–water partition coefficient (Wildman–Crippen LogP) is 3.43. The lowest BCUT2D eigenvalue weighted by Crippen LogP contribution is -2.42. The van der Waals surface area contributed by atoms with E-state index in [1.807, 2.05) is 12.1 Å². The molecule has 1 fully saturated rings. The Morgan fingerprint density at radius 1 is 1.35 bits per heavy atom. The van der Waals surface area contributed by atoms with Crippen LogP contribution in [-0.2, 0) is 4.74 Å². The molecule has 1 heterocycles. The molecule has 2 rings (SSSR count). The average molecular weight is 318 g/mol. The first-order valence-corrected chi connectivity index (χ1v) is 7.69. The summed E-state index contributed by atoms with van der Waals surface area (Å²) in [5.74, 6) is 0. The van der Waals surface area contributed by atoms with Crippen LogP contribution in [0.25, 0.3) is 0 Å². The van der Waals surface area contributed by atoms with E-state index in [0.717, 1.165) is 24.9 Å². The van der Waals surface area contributed by atoms with E-state index in [9.17, 15) is 5.11 Å². The first kappa shape index (κ1) is 16.1. The monoisotopic (exact) mass is 317 g/mol. The number of rotatable bonds is 5. The quantitative estimate of drug-likeness (QED) is 0.874. The van der Waals surface area contributed by atoms with Gasteiger partial charge in [0.2, 0.25) is 0 Å². The van der Waals surface area contributed by atoms with Crippen molar-refractivity contribution >= 4 is 23.2 Å². The van der Waals surface area contributed by atoms with Gasteiger partial charge in [0.15, 0.2) is 0 Å². The van der Waals surface area contributed by atoms with Crippen molar-refractivity contribution in [2.24, 2.45) is 5.41 Å². The molecule has 1 aliphatic heterocycles. The van der Waals surface area contributed by atoms with Gasteiger partial charge in [-0.15, -0.1) is 0 Å². The van der Waals surface area contributed by atoms with Crippen molar-refractivity contribution in [3.63, 3.8) is 0 Å². The molecule has 3 nitrogen and oxygen atoms in total. The van der Waals surface area contributed by atoms with Crippen molar-refractivity contribution in [2.75, 3.05) is 26.4 Å². The van der Waals surface area contributed by atoms with Gasteiger partial charge < -0.3 is 15.2 Å². The highest BCUT2D eigenvalue weighted by Gasteiger charge is 2.32. The van der Waals surface area contributed by atoms with Crippen LogP contribution in [0.2, 0.25) is 10.0 Å². The molecular formula is C15H21Cl2NO2. The topological polar surface area (TPSA) is 41.5 Å². The second kappa shape index (κ2) is 7.10. The molecule has 5 heteroatoms. The molecule has 20 heavy (non-hydrogen) atoms. The van der Waals surface area contributed by atoms with Gasteiger partial charge in [0, 0.05) is 41.3 Å². The Balaban J connectivity index is 2.00. The number of hydrogen-bond acceptors (Lipinski definition) is 3. The van der Waals surface area contributed by atoms with E-state index in [4.69, 9.17) is 27.9 Å². The predicted molar refractivity (Wildman–Crippen MR) is 82.5 cm³/mol. The van der Waals surface area contributed by atoms with E-state index in [-0.39, 0.29) is 18.1 Å². The summed E-state index contributed by atoms with van der Waals surface area (Å²) in [6.45, 7) is 4.42. The van der Waals surface area contributed by atoms with Crippen molar-refractivity contribution in [3.05, 3.63) is 33.8 Å². The van der Waals surface area contributed by atoms with E-state index in [2.05, 4.69) is 12.2 Å². The minimum Gasteiger partial charge on any atom is -0.396 e. The number of halogens is 2. The Kier molecular flexibility index (Phi) is 5.70. The summed E-state index contributed by atoms with van der Waals surface area (Å²) in [5, 5.41) is 14.5. The highest BCUT2D eigenvalue weighted by molar-refractivity contribution is 6.33. The number of ether oxygens (including phenoxy) is 1. The van der Waals surface area contributed by atoms with E-state index >= 15 is 0 Å². The Hall–Kier alpha value is -0.320. The van der Waals surface area contributed by atoms with Crippen molar-refractivity contribution < 1.29 is 9.84 Å². The second-order valence-corrected chi connectivity index (χ2v) is 6.38. The van der Waals surface area contributed by atoms with Crippen LogP contribution in [0.15, 0.2) is 18.2 Å². The maximum atomic E-state index is 9.68. The number of hydrogen-bond donors (Lipinski definition) is 2. The molecular weight excluding hydrogens is 297 g/mol. The fourth-order valence-electron chi connectivity index (χ4n) is 2.52. The second-order valence-electron chi connectivity index (χ2n) is 5.54. The SMILES string of the molecule is CC(NCC1(CO)CCOCC1)c1cc(Cl)ccc1Cl. The van der Waals surface area contributed by atoms with Gasteiger partial charge in [-0.2, -0.15) is 0 Å². The number of aliphatic hydroxyl groups excluding tert-OH is 1. The van der Waals surface area contributed by atoms with Crippen LogP contribution in [0.5, 0.6) is 0 Å². The lowest BCUT2D eigenvalue weighted by atomic mass is 9.80. The smallest absolute Gasteiger partial charge is 0.0501 e. The Labute approximate surface area is 130 Å². The minimum absolute atomic E-state index is 0.0858. The van der Waals surface area contributed by atoms with Gasteiger partial charge in [0.25, 0.3) is 0 Å². The van der Waals surface area contributed by atoms with Gasteiger partial charge in [-0.3, -0.25) is 0 Å². The first-order chi connectivity index (χ1) is 9.56. The molecule has 112 valence electrons. The summed E-state index contributed by atoms with van der Waals surface area (Å²) in [7, 11) is 0.